The second kappa shape index (κ2) is 11.5. The molecule has 0 spiro atoms. The zero-order valence-electron chi connectivity index (χ0n) is 29.4. The summed E-state index contributed by atoms with van der Waals surface area (Å²) in [5, 5.41) is 61.5. The highest BCUT2D eigenvalue weighted by molar-refractivity contribution is 5.70. The van der Waals surface area contributed by atoms with Crippen LogP contribution in [0.4, 0.5) is 17.8 Å². The Hall–Kier alpha value is -6.21. The van der Waals surface area contributed by atoms with E-state index in [1.54, 1.807) is 56.2 Å². The van der Waals surface area contributed by atoms with Crippen molar-refractivity contribution in [1.82, 2.24) is 15.0 Å². The Kier molecular flexibility index (Phi) is 8.34. The smallest absolute Gasteiger partial charge is 0.240 e. The number of hydrogen-bond donors (Lipinski definition) is 0. The van der Waals surface area contributed by atoms with E-state index in [4.69, 9.17) is 15.0 Å². The van der Waals surface area contributed by atoms with E-state index in [2.05, 4.69) is 36.4 Å². The van der Waals surface area contributed by atoms with E-state index in [-0.39, 0.29) is 17.8 Å². The van der Waals surface area contributed by atoms with Crippen LogP contribution in [0, 0.1) is 84.2 Å². The summed E-state index contributed by atoms with van der Waals surface area (Å²) in [5.41, 5.74) is 2.50. The Morgan fingerprint density at radius 3 is 0.625 bits per heavy atom. The molecule has 3 aliphatic rings. The van der Waals surface area contributed by atoms with Gasteiger partial charge in [0, 0.05) is 50.4 Å². The summed E-state index contributed by atoms with van der Waals surface area (Å²) in [6.07, 6.45) is 0. The molecule has 0 N–H and O–H groups in total. The minimum atomic E-state index is -0.881. The number of aromatic nitrogens is 3. The largest absolute Gasteiger partial charge is 0.285 e. The molecule has 0 fully saturated rings. The number of hydrogen-bond acceptors (Lipinski definition) is 12. The van der Waals surface area contributed by atoms with Crippen LogP contribution in [0.1, 0.15) is 83.1 Å². The average Bonchev–Trinajstić information content (AvgIpc) is 2.97. The van der Waals surface area contributed by atoms with Crippen LogP contribution in [0.2, 0.25) is 0 Å². The van der Waals surface area contributed by atoms with Crippen LogP contribution in [-0.2, 0) is 0 Å². The highest BCUT2D eigenvalue weighted by Crippen LogP contribution is 2.49. The van der Waals surface area contributed by atoms with E-state index in [1.165, 1.54) is 0 Å². The van der Waals surface area contributed by atoms with E-state index in [9.17, 15) is 31.6 Å². The molecule has 48 heavy (non-hydrogen) atoms. The van der Waals surface area contributed by atoms with Gasteiger partial charge in [-0.3, -0.25) is 14.7 Å². The Morgan fingerprint density at radius 2 is 0.500 bits per heavy atom. The molecule has 1 aromatic heterocycles. The summed E-state index contributed by atoms with van der Waals surface area (Å²) < 4.78 is 0. The molecule has 0 radical (unpaired) electrons. The van der Waals surface area contributed by atoms with Crippen LogP contribution in [0.3, 0.4) is 0 Å². The molecule has 1 aromatic rings. The Balaban J connectivity index is 2.21. The maximum absolute atomic E-state index is 10.3. The SMILES string of the molecule is CC1=C(C#N)C(C)(C)C(C#N)=C(C)N1c1nc(N2C(C)=C(C#N)C(C)(C)C(C#N)=C2C)nc(N2C(C)=C(C#N)C(C)(C)C(C#N)=C2C)n1. The predicted molar refractivity (Wildman–Crippen MR) is 178 cm³/mol. The Morgan fingerprint density at radius 1 is 0.354 bits per heavy atom. The second-order valence-corrected chi connectivity index (χ2v) is 13.5. The van der Waals surface area contributed by atoms with Crippen LogP contribution in [-0.4, -0.2) is 15.0 Å². The van der Waals surface area contributed by atoms with Crippen molar-refractivity contribution in [2.24, 2.45) is 16.2 Å². The number of allylic oxidation sites excluding steroid dienone is 12. The first-order valence-corrected chi connectivity index (χ1v) is 15.2. The van der Waals surface area contributed by atoms with Gasteiger partial charge in [0.2, 0.25) is 17.8 Å². The monoisotopic (exact) mass is 636 g/mol. The van der Waals surface area contributed by atoms with Gasteiger partial charge in [-0.1, -0.05) is 41.5 Å². The van der Waals surface area contributed by atoms with Crippen LogP contribution in [0.25, 0.3) is 0 Å². The Labute approximate surface area is 282 Å². The van der Waals surface area contributed by atoms with Crippen molar-refractivity contribution in [2.45, 2.75) is 83.1 Å². The van der Waals surface area contributed by atoms with Crippen molar-refractivity contribution < 1.29 is 0 Å². The average molecular weight is 637 g/mol. The van der Waals surface area contributed by atoms with E-state index >= 15 is 0 Å². The van der Waals surface area contributed by atoms with Gasteiger partial charge in [-0.25, -0.2) is 0 Å². The summed E-state index contributed by atoms with van der Waals surface area (Å²) >= 11 is 0. The minimum absolute atomic E-state index is 0.0610. The lowest BCUT2D eigenvalue weighted by Gasteiger charge is -2.41. The van der Waals surface area contributed by atoms with E-state index in [1.807, 2.05) is 41.5 Å². The molecule has 0 atom stereocenters. The van der Waals surface area contributed by atoms with Gasteiger partial charge in [-0.15, -0.1) is 0 Å². The molecule has 4 heterocycles. The molecule has 3 aliphatic heterocycles. The third kappa shape index (κ3) is 4.62. The van der Waals surface area contributed by atoms with Crippen molar-refractivity contribution >= 4 is 17.8 Å². The summed E-state index contributed by atoms with van der Waals surface area (Å²) in [6, 6.07) is 13.6. The maximum atomic E-state index is 10.3. The van der Waals surface area contributed by atoms with Crippen molar-refractivity contribution in [3.63, 3.8) is 0 Å². The summed E-state index contributed by atoms with van der Waals surface area (Å²) in [6.45, 7) is 21.4. The fourth-order valence-electron chi connectivity index (χ4n) is 7.38. The summed E-state index contributed by atoms with van der Waals surface area (Å²) in [7, 11) is 0. The van der Waals surface area contributed by atoms with E-state index < -0.39 is 16.2 Å². The normalized spacial score (nSPS) is 20.2. The zero-order valence-corrected chi connectivity index (χ0v) is 29.4. The molecule has 0 saturated heterocycles. The summed E-state index contributed by atoms with van der Waals surface area (Å²) in [4.78, 5) is 19.5. The van der Waals surface area contributed by atoms with Crippen molar-refractivity contribution in [3.05, 3.63) is 67.6 Å². The first-order chi connectivity index (χ1) is 22.3. The van der Waals surface area contributed by atoms with Crippen molar-refractivity contribution in [1.29, 1.82) is 31.6 Å². The lowest BCUT2D eigenvalue weighted by molar-refractivity contribution is 0.539. The molecule has 240 valence electrons. The van der Waals surface area contributed by atoms with Crippen LogP contribution in [0.5, 0.6) is 0 Å². The van der Waals surface area contributed by atoms with Crippen molar-refractivity contribution in [3.8, 4) is 36.4 Å². The molecule has 0 bridgehead atoms. The van der Waals surface area contributed by atoms with Gasteiger partial charge in [0.1, 0.15) is 0 Å². The lowest BCUT2D eigenvalue weighted by Crippen LogP contribution is -2.38. The number of anilines is 3. The predicted octanol–water partition coefficient (Wildman–Crippen LogP) is 7.20. The van der Waals surface area contributed by atoms with Gasteiger partial charge in [0.25, 0.3) is 0 Å². The number of nitriles is 6. The van der Waals surface area contributed by atoms with E-state index in [0.717, 1.165) is 0 Å². The van der Waals surface area contributed by atoms with Gasteiger partial charge < -0.3 is 0 Å². The third-order valence-corrected chi connectivity index (χ3v) is 9.80. The number of rotatable bonds is 3. The van der Waals surface area contributed by atoms with Gasteiger partial charge in [-0.2, -0.15) is 46.5 Å². The fourth-order valence-corrected chi connectivity index (χ4v) is 7.38. The molecule has 4 rings (SSSR count). The van der Waals surface area contributed by atoms with Crippen LogP contribution < -0.4 is 14.7 Å². The van der Waals surface area contributed by atoms with E-state index in [0.29, 0.717) is 67.6 Å². The van der Waals surface area contributed by atoms with Crippen LogP contribution >= 0.6 is 0 Å². The second-order valence-electron chi connectivity index (χ2n) is 13.5. The molecule has 0 aliphatic carbocycles. The molecule has 12 nitrogen and oxygen atoms in total. The first kappa shape index (κ1) is 34.7. The highest BCUT2D eigenvalue weighted by Gasteiger charge is 2.44. The quantitative estimate of drug-likeness (QED) is 0.324. The molecule has 0 aromatic carbocycles. The lowest BCUT2D eigenvalue weighted by atomic mass is 9.74. The molecule has 12 heteroatoms. The van der Waals surface area contributed by atoms with Gasteiger partial charge >= 0.3 is 0 Å². The van der Waals surface area contributed by atoms with Crippen LogP contribution in [0.15, 0.2) is 67.6 Å². The first-order valence-electron chi connectivity index (χ1n) is 15.2. The standard InChI is InChI=1S/C36H36N12/c1-19-25(13-37)34(7,8)26(14-38)20(2)46(19)31-43-32(47-21(3)27(15-39)35(9,10)28(16-40)22(47)4)45-33(44-31)48-23(5)29(17-41)36(11,12)30(18-42)24(48)6/h1-12H3. The maximum Gasteiger partial charge on any atom is 0.240 e. The Bertz CT molecular complexity index is 1760. The molecular formula is C36H36N12. The highest BCUT2D eigenvalue weighted by atomic mass is 15.4. The fraction of sp³-hybridized carbons (Fsp3) is 0.417. The molecule has 0 saturated carbocycles. The topological polar surface area (TPSA) is 191 Å². The number of nitrogens with zero attached hydrogens (tertiary/aromatic N) is 12. The minimum Gasteiger partial charge on any atom is -0.285 e. The molecule has 0 amide bonds. The summed E-state index contributed by atoms with van der Waals surface area (Å²) in [5.74, 6) is 0.183. The van der Waals surface area contributed by atoms with Crippen molar-refractivity contribution in [2.75, 3.05) is 14.7 Å². The van der Waals surface area contributed by atoms with Gasteiger partial charge in [0.05, 0.1) is 69.9 Å². The zero-order chi connectivity index (χ0) is 36.3. The molecular weight excluding hydrogens is 600 g/mol. The molecule has 0 unspecified atom stereocenters. The van der Waals surface area contributed by atoms with Gasteiger partial charge in [-0.05, 0) is 41.5 Å². The third-order valence-electron chi connectivity index (χ3n) is 9.80. The van der Waals surface area contributed by atoms with Gasteiger partial charge in [0.15, 0.2) is 0 Å².